The molecular formula is C18H19F3N2O2. The van der Waals surface area contributed by atoms with Crippen LogP contribution in [0.1, 0.15) is 18.4 Å². The van der Waals surface area contributed by atoms with Crippen molar-refractivity contribution in [2.45, 2.75) is 31.6 Å². The van der Waals surface area contributed by atoms with Crippen molar-refractivity contribution in [2.24, 2.45) is 0 Å². The number of alkyl halides is 3. The number of hydroxylamine groups is 1. The smallest absolute Gasteiger partial charge is 0.363 e. The minimum absolute atomic E-state index is 0.251. The summed E-state index contributed by atoms with van der Waals surface area (Å²) in [5, 5.41) is 2.39. The summed E-state index contributed by atoms with van der Waals surface area (Å²) < 4.78 is 36.3. The second kappa shape index (κ2) is 7.41. The predicted octanol–water partition coefficient (Wildman–Crippen LogP) is 3.41. The molecule has 0 amide bonds. The molecule has 1 aliphatic heterocycles. The minimum Gasteiger partial charge on any atom is -0.363 e. The molecule has 7 heteroatoms. The van der Waals surface area contributed by atoms with Crippen molar-refractivity contribution in [1.82, 2.24) is 10.4 Å². The molecule has 1 saturated heterocycles. The van der Waals surface area contributed by atoms with E-state index in [1.54, 1.807) is 0 Å². The second-order valence-electron chi connectivity index (χ2n) is 6.24. The van der Waals surface area contributed by atoms with Crippen LogP contribution in [0.3, 0.4) is 0 Å². The highest BCUT2D eigenvalue weighted by atomic mass is 19.4. The normalized spacial score (nSPS) is 16.9. The number of carbonyl (C=O) groups excluding carboxylic acids is 1. The third-order valence-electron chi connectivity index (χ3n) is 4.36. The standard InChI is InChI=1S/C18H19F3N2O2/c19-18(20,21)17(24)25-22-16-7-9-23(10-8-16)12-13-5-6-14-3-1-2-4-15(14)11-13/h1-6,11,16,22H,7-10,12H2. The van der Waals surface area contributed by atoms with Crippen molar-refractivity contribution in [3.63, 3.8) is 0 Å². The lowest BCUT2D eigenvalue weighted by atomic mass is 10.0. The van der Waals surface area contributed by atoms with Gasteiger partial charge in [0.2, 0.25) is 0 Å². The van der Waals surface area contributed by atoms with Crippen molar-refractivity contribution >= 4 is 16.7 Å². The second-order valence-corrected chi connectivity index (χ2v) is 6.24. The number of nitrogens with one attached hydrogen (secondary N) is 1. The fourth-order valence-electron chi connectivity index (χ4n) is 3.00. The molecule has 0 unspecified atom stereocenters. The summed E-state index contributed by atoms with van der Waals surface area (Å²) in [6.07, 6.45) is -3.72. The van der Waals surface area contributed by atoms with Crippen LogP contribution >= 0.6 is 0 Å². The molecule has 2 aromatic rings. The molecule has 1 heterocycles. The molecule has 134 valence electrons. The number of piperidine rings is 1. The molecular weight excluding hydrogens is 333 g/mol. The van der Waals surface area contributed by atoms with Gasteiger partial charge >= 0.3 is 12.1 Å². The van der Waals surface area contributed by atoms with E-state index < -0.39 is 12.1 Å². The highest BCUT2D eigenvalue weighted by Gasteiger charge is 2.41. The molecule has 4 nitrogen and oxygen atoms in total. The fraction of sp³-hybridized carbons (Fsp3) is 0.389. The molecule has 0 aromatic heterocycles. The number of rotatable bonds is 4. The highest BCUT2D eigenvalue weighted by molar-refractivity contribution is 5.82. The van der Waals surface area contributed by atoms with Crippen molar-refractivity contribution in [3.05, 3.63) is 48.0 Å². The Labute approximate surface area is 143 Å². The average Bonchev–Trinajstić information content (AvgIpc) is 2.60. The Morgan fingerprint density at radius 2 is 1.80 bits per heavy atom. The van der Waals surface area contributed by atoms with E-state index in [1.807, 2.05) is 12.1 Å². The van der Waals surface area contributed by atoms with E-state index in [4.69, 9.17) is 0 Å². The molecule has 0 spiro atoms. The zero-order chi connectivity index (χ0) is 17.9. The van der Waals surface area contributed by atoms with E-state index in [1.165, 1.54) is 16.3 Å². The first-order valence-electron chi connectivity index (χ1n) is 8.15. The van der Waals surface area contributed by atoms with Gasteiger partial charge in [-0.15, -0.1) is 5.48 Å². The van der Waals surface area contributed by atoms with E-state index in [-0.39, 0.29) is 6.04 Å². The SMILES string of the molecule is O=C(ONC1CCN(Cc2ccc3ccccc3c2)CC1)C(F)(F)F. The summed E-state index contributed by atoms with van der Waals surface area (Å²) in [5.74, 6) is -2.20. The van der Waals surface area contributed by atoms with Crippen LogP contribution in [0.25, 0.3) is 10.8 Å². The average molecular weight is 352 g/mol. The summed E-state index contributed by atoms with van der Waals surface area (Å²) in [5.41, 5.74) is 3.44. The van der Waals surface area contributed by atoms with Crippen molar-refractivity contribution in [2.75, 3.05) is 13.1 Å². The third kappa shape index (κ3) is 4.70. The van der Waals surface area contributed by atoms with Crippen LogP contribution in [0, 0.1) is 0 Å². The predicted molar refractivity (Wildman–Crippen MR) is 87.5 cm³/mol. The van der Waals surface area contributed by atoms with Gasteiger partial charge in [0.25, 0.3) is 0 Å². The van der Waals surface area contributed by atoms with Crippen LogP contribution in [-0.2, 0) is 16.2 Å². The van der Waals surface area contributed by atoms with E-state index in [9.17, 15) is 18.0 Å². The number of hydrogen-bond donors (Lipinski definition) is 1. The lowest BCUT2D eigenvalue weighted by molar-refractivity contribution is -0.209. The number of benzene rings is 2. The highest BCUT2D eigenvalue weighted by Crippen LogP contribution is 2.20. The van der Waals surface area contributed by atoms with Crippen molar-refractivity contribution in [3.8, 4) is 0 Å². The number of nitrogens with zero attached hydrogens (tertiary/aromatic N) is 1. The Bertz CT molecular complexity index is 740. The van der Waals surface area contributed by atoms with Crippen LogP contribution in [0.4, 0.5) is 13.2 Å². The number of fused-ring (bicyclic) bond motifs is 1. The first-order chi connectivity index (χ1) is 11.9. The fourth-order valence-corrected chi connectivity index (χ4v) is 3.00. The lowest BCUT2D eigenvalue weighted by Crippen LogP contribution is -2.44. The number of likely N-dealkylation sites (tertiary alicyclic amines) is 1. The van der Waals surface area contributed by atoms with Gasteiger partial charge in [-0.1, -0.05) is 36.4 Å². The summed E-state index contributed by atoms with van der Waals surface area (Å²) >= 11 is 0. The van der Waals surface area contributed by atoms with E-state index in [0.29, 0.717) is 12.8 Å². The topological polar surface area (TPSA) is 41.6 Å². The Morgan fingerprint density at radius 3 is 2.48 bits per heavy atom. The number of halogens is 3. The summed E-state index contributed by atoms with van der Waals surface area (Å²) in [6.45, 7) is 2.25. The largest absolute Gasteiger partial charge is 0.492 e. The van der Waals surface area contributed by atoms with Crippen LogP contribution in [0.5, 0.6) is 0 Å². The molecule has 1 N–H and O–H groups in total. The van der Waals surface area contributed by atoms with Crippen LogP contribution in [0.15, 0.2) is 42.5 Å². The van der Waals surface area contributed by atoms with Crippen LogP contribution < -0.4 is 5.48 Å². The summed E-state index contributed by atoms with van der Waals surface area (Å²) in [4.78, 5) is 17.1. The lowest BCUT2D eigenvalue weighted by Gasteiger charge is -2.31. The maximum Gasteiger partial charge on any atom is 0.492 e. The van der Waals surface area contributed by atoms with E-state index >= 15 is 0 Å². The summed E-state index contributed by atoms with van der Waals surface area (Å²) in [6, 6.07) is 14.2. The van der Waals surface area contributed by atoms with Gasteiger partial charge in [0.1, 0.15) is 0 Å². The van der Waals surface area contributed by atoms with E-state index in [0.717, 1.165) is 19.6 Å². The molecule has 3 rings (SSSR count). The molecule has 0 radical (unpaired) electrons. The maximum absolute atomic E-state index is 12.1. The van der Waals surface area contributed by atoms with Gasteiger partial charge in [0, 0.05) is 25.7 Å². The monoisotopic (exact) mass is 352 g/mol. The van der Waals surface area contributed by atoms with Gasteiger partial charge in [-0.2, -0.15) is 13.2 Å². The Morgan fingerprint density at radius 1 is 1.12 bits per heavy atom. The Kier molecular flexibility index (Phi) is 5.24. The first-order valence-corrected chi connectivity index (χ1v) is 8.15. The number of hydrogen-bond acceptors (Lipinski definition) is 4. The molecule has 0 bridgehead atoms. The molecule has 0 atom stereocenters. The van der Waals surface area contributed by atoms with E-state index in [2.05, 4.69) is 45.5 Å². The molecule has 1 fully saturated rings. The van der Waals surface area contributed by atoms with Crippen molar-refractivity contribution in [1.29, 1.82) is 0 Å². The molecule has 2 aromatic carbocycles. The zero-order valence-electron chi connectivity index (χ0n) is 13.6. The third-order valence-corrected chi connectivity index (χ3v) is 4.36. The molecule has 25 heavy (non-hydrogen) atoms. The summed E-state index contributed by atoms with van der Waals surface area (Å²) in [7, 11) is 0. The molecule has 1 aliphatic rings. The minimum atomic E-state index is -4.97. The van der Waals surface area contributed by atoms with Crippen LogP contribution in [0.2, 0.25) is 0 Å². The van der Waals surface area contributed by atoms with Gasteiger partial charge in [-0.25, -0.2) is 4.79 Å². The van der Waals surface area contributed by atoms with Gasteiger partial charge in [0.15, 0.2) is 0 Å². The zero-order valence-corrected chi connectivity index (χ0v) is 13.6. The van der Waals surface area contributed by atoms with Gasteiger partial charge in [-0.05, 0) is 35.2 Å². The number of carbonyl (C=O) groups is 1. The van der Waals surface area contributed by atoms with Crippen LogP contribution in [-0.4, -0.2) is 36.2 Å². The molecule has 0 saturated carbocycles. The van der Waals surface area contributed by atoms with Gasteiger partial charge in [0.05, 0.1) is 0 Å². The Balaban J connectivity index is 1.48. The maximum atomic E-state index is 12.1. The molecule has 0 aliphatic carbocycles. The van der Waals surface area contributed by atoms with Gasteiger partial charge in [-0.3, -0.25) is 4.90 Å². The Hall–Kier alpha value is -2.12. The first kappa shape index (κ1) is 17.7. The quantitative estimate of drug-likeness (QED) is 0.857. The van der Waals surface area contributed by atoms with Crippen molar-refractivity contribution < 1.29 is 22.8 Å². The van der Waals surface area contributed by atoms with Gasteiger partial charge < -0.3 is 4.84 Å².